The molecule has 0 unspecified atom stereocenters. The largest absolute Gasteiger partial charge is 0.430 e. The number of aliphatic hydroxyl groups is 1. The van der Waals surface area contributed by atoms with E-state index in [1.54, 1.807) is 24.3 Å². The zero-order valence-electron chi connectivity index (χ0n) is 12.4. The summed E-state index contributed by atoms with van der Waals surface area (Å²) in [5.74, 6) is -0.461. The molecule has 2 aromatic carbocycles. The number of para-hydroxylation sites is 2. The van der Waals surface area contributed by atoms with Gasteiger partial charge < -0.3 is 14.6 Å². The summed E-state index contributed by atoms with van der Waals surface area (Å²) in [6.45, 7) is 2.12. The van der Waals surface area contributed by atoms with E-state index in [4.69, 9.17) is 9.47 Å². The van der Waals surface area contributed by atoms with Crippen LogP contribution in [0.5, 0.6) is 11.5 Å². The molecule has 3 nitrogen and oxygen atoms in total. The first kappa shape index (κ1) is 15.4. The Bertz CT molecular complexity index is 469. The van der Waals surface area contributed by atoms with Crippen LogP contribution in [0.3, 0.4) is 0 Å². The lowest BCUT2D eigenvalue weighted by atomic mass is 10.2. The average molecular weight is 286 g/mol. The lowest BCUT2D eigenvalue weighted by Crippen LogP contribution is -2.42. The lowest BCUT2D eigenvalue weighted by Gasteiger charge is -2.29. The predicted molar refractivity (Wildman–Crippen MR) is 83.2 cm³/mol. The van der Waals surface area contributed by atoms with E-state index in [0.29, 0.717) is 17.9 Å². The van der Waals surface area contributed by atoms with Crippen molar-refractivity contribution in [3.05, 3.63) is 60.7 Å². The van der Waals surface area contributed by atoms with E-state index in [1.807, 2.05) is 36.4 Å². The Kier molecular flexibility index (Phi) is 5.64. The molecule has 0 aromatic heterocycles. The Labute approximate surface area is 126 Å². The Morgan fingerprint density at radius 3 is 1.71 bits per heavy atom. The highest BCUT2D eigenvalue weighted by Crippen LogP contribution is 2.25. The van der Waals surface area contributed by atoms with Gasteiger partial charge in [-0.25, -0.2) is 0 Å². The molecule has 0 spiro atoms. The van der Waals surface area contributed by atoms with Crippen LogP contribution >= 0.6 is 0 Å². The Balaban J connectivity index is 2.09. The minimum atomic E-state index is -1.64. The quantitative estimate of drug-likeness (QED) is 0.578. The SMILES string of the molecule is CCCCCC(O)(Oc1ccccc1)Oc1ccccc1. The third kappa shape index (κ3) is 5.12. The fraction of sp³-hybridized carbons (Fsp3) is 0.333. The van der Waals surface area contributed by atoms with Gasteiger partial charge in [0.05, 0.1) is 6.42 Å². The maximum Gasteiger partial charge on any atom is 0.369 e. The molecule has 112 valence electrons. The number of ether oxygens (including phenoxy) is 2. The van der Waals surface area contributed by atoms with Crippen LogP contribution in [0.2, 0.25) is 0 Å². The van der Waals surface area contributed by atoms with Crippen LogP contribution in [0.25, 0.3) is 0 Å². The standard InChI is InChI=1S/C18H22O3/c1-2-3-10-15-18(19,20-16-11-6-4-7-12-16)21-17-13-8-5-9-14-17/h4-9,11-14,19H,2-3,10,15H2,1H3. The molecule has 0 amide bonds. The molecule has 0 saturated heterocycles. The van der Waals surface area contributed by atoms with Crippen LogP contribution in [0.4, 0.5) is 0 Å². The molecule has 0 aliphatic heterocycles. The first-order chi connectivity index (χ1) is 10.2. The summed E-state index contributed by atoms with van der Waals surface area (Å²) in [7, 11) is 0. The number of benzene rings is 2. The van der Waals surface area contributed by atoms with Crippen LogP contribution < -0.4 is 9.47 Å². The van der Waals surface area contributed by atoms with Crippen molar-refractivity contribution >= 4 is 0 Å². The number of rotatable bonds is 8. The van der Waals surface area contributed by atoms with Crippen LogP contribution in [0.1, 0.15) is 32.6 Å². The molecule has 2 rings (SSSR count). The average Bonchev–Trinajstić information content (AvgIpc) is 2.49. The van der Waals surface area contributed by atoms with Crippen molar-refractivity contribution in [3.63, 3.8) is 0 Å². The number of hydrogen-bond donors (Lipinski definition) is 1. The van der Waals surface area contributed by atoms with E-state index in [2.05, 4.69) is 6.92 Å². The summed E-state index contributed by atoms with van der Waals surface area (Å²) in [5.41, 5.74) is 0. The van der Waals surface area contributed by atoms with Crippen LogP contribution in [0, 0.1) is 0 Å². The molecule has 2 aromatic rings. The monoisotopic (exact) mass is 286 g/mol. The molecule has 0 aliphatic rings. The molecule has 21 heavy (non-hydrogen) atoms. The molecule has 0 radical (unpaired) electrons. The van der Waals surface area contributed by atoms with Crippen molar-refractivity contribution < 1.29 is 14.6 Å². The Hall–Kier alpha value is -2.00. The number of unbranched alkanes of at least 4 members (excludes halogenated alkanes) is 2. The van der Waals surface area contributed by atoms with Crippen molar-refractivity contribution in [3.8, 4) is 11.5 Å². The van der Waals surface area contributed by atoms with Gasteiger partial charge >= 0.3 is 5.97 Å². The van der Waals surface area contributed by atoms with Gasteiger partial charge in [0.25, 0.3) is 0 Å². The second-order valence-electron chi connectivity index (χ2n) is 5.00. The van der Waals surface area contributed by atoms with Gasteiger partial charge in [-0.3, -0.25) is 0 Å². The summed E-state index contributed by atoms with van der Waals surface area (Å²) in [4.78, 5) is 0. The van der Waals surface area contributed by atoms with Gasteiger partial charge in [-0.15, -0.1) is 0 Å². The van der Waals surface area contributed by atoms with Crippen molar-refractivity contribution in [2.45, 2.75) is 38.6 Å². The van der Waals surface area contributed by atoms with Gasteiger partial charge in [-0.2, -0.15) is 0 Å². The van der Waals surface area contributed by atoms with Crippen LogP contribution in [0.15, 0.2) is 60.7 Å². The summed E-state index contributed by atoms with van der Waals surface area (Å²) in [6, 6.07) is 18.5. The van der Waals surface area contributed by atoms with Gasteiger partial charge in [0, 0.05) is 0 Å². The van der Waals surface area contributed by atoms with E-state index in [9.17, 15) is 5.11 Å². The van der Waals surface area contributed by atoms with Gasteiger partial charge in [0.2, 0.25) is 0 Å². The van der Waals surface area contributed by atoms with E-state index < -0.39 is 5.97 Å². The first-order valence-electron chi connectivity index (χ1n) is 7.42. The van der Waals surface area contributed by atoms with E-state index >= 15 is 0 Å². The first-order valence-corrected chi connectivity index (χ1v) is 7.42. The normalized spacial score (nSPS) is 11.1. The molecule has 0 fully saturated rings. The highest BCUT2D eigenvalue weighted by Gasteiger charge is 2.31. The highest BCUT2D eigenvalue weighted by atomic mass is 16.8. The van der Waals surface area contributed by atoms with Gasteiger partial charge in [0.1, 0.15) is 11.5 Å². The summed E-state index contributed by atoms with van der Waals surface area (Å²) >= 11 is 0. The summed E-state index contributed by atoms with van der Waals surface area (Å²) in [6.07, 6.45) is 3.36. The second kappa shape index (κ2) is 7.70. The van der Waals surface area contributed by atoms with Crippen LogP contribution in [-0.2, 0) is 0 Å². The molecule has 0 saturated carbocycles. The maximum atomic E-state index is 10.7. The zero-order valence-corrected chi connectivity index (χ0v) is 12.4. The molecule has 0 aliphatic carbocycles. The van der Waals surface area contributed by atoms with Gasteiger partial charge in [-0.1, -0.05) is 56.2 Å². The van der Waals surface area contributed by atoms with E-state index in [0.717, 1.165) is 19.3 Å². The smallest absolute Gasteiger partial charge is 0.369 e. The Morgan fingerprint density at radius 2 is 1.29 bits per heavy atom. The van der Waals surface area contributed by atoms with E-state index in [1.165, 1.54) is 0 Å². The van der Waals surface area contributed by atoms with Crippen molar-refractivity contribution in [1.29, 1.82) is 0 Å². The predicted octanol–water partition coefficient (Wildman–Crippen LogP) is 4.37. The molecule has 0 atom stereocenters. The molecule has 3 heteroatoms. The van der Waals surface area contributed by atoms with Gasteiger partial charge in [-0.05, 0) is 30.7 Å². The van der Waals surface area contributed by atoms with Crippen molar-refractivity contribution in [1.82, 2.24) is 0 Å². The molecule has 1 N–H and O–H groups in total. The van der Waals surface area contributed by atoms with Gasteiger partial charge in [0.15, 0.2) is 0 Å². The Morgan fingerprint density at radius 1 is 0.810 bits per heavy atom. The maximum absolute atomic E-state index is 10.7. The summed E-state index contributed by atoms with van der Waals surface area (Å²) in [5, 5.41) is 10.7. The minimum absolute atomic E-state index is 0.421. The number of hydrogen-bond acceptors (Lipinski definition) is 3. The fourth-order valence-electron chi connectivity index (χ4n) is 2.07. The van der Waals surface area contributed by atoms with Crippen LogP contribution in [-0.4, -0.2) is 11.1 Å². The third-order valence-corrected chi connectivity index (χ3v) is 3.14. The highest BCUT2D eigenvalue weighted by molar-refractivity contribution is 5.23. The third-order valence-electron chi connectivity index (χ3n) is 3.14. The van der Waals surface area contributed by atoms with E-state index in [-0.39, 0.29) is 0 Å². The fourth-order valence-corrected chi connectivity index (χ4v) is 2.07. The molecule has 0 bridgehead atoms. The topological polar surface area (TPSA) is 38.7 Å². The minimum Gasteiger partial charge on any atom is -0.430 e. The molecule has 0 heterocycles. The lowest BCUT2D eigenvalue weighted by molar-refractivity contribution is -0.276. The summed E-state index contributed by atoms with van der Waals surface area (Å²) < 4.78 is 11.4. The molecular weight excluding hydrogens is 264 g/mol. The zero-order chi connectivity index (χ0) is 15.0. The van der Waals surface area contributed by atoms with Crippen molar-refractivity contribution in [2.75, 3.05) is 0 Å². The second-order valence-corrected chi connectivity index (χ2v) is 5.00. The van der Waals surface area contributed by atoms with Crippen molar-refractivity contribution in [2.24, 2.45) is 0 Å². The molecular formula is C18H22O3.